The van der Waals surface area contributed by atoms with Gasteiger partial charge in [0.25, 0.3) is 0 Å². The van der Waals surface area contributed by atoms with Gasteiger partial charge in [-0.3, -0.25) is 14.7 Å². The first-order chi connectivity index (χ1) is 12.5. The lowest BCUT2D eigenvalue weighted by molar-refractivity contribution is -0.119. The van der Waals surface area contributed by atoms with Gasteiger partial charge in [-0.05, 0) is 43.4 Å². The van der Waals surface area contributed by atoms with E-state index < -0.39 is 0 Å². The number of nitrogens with two attached hydrogens (primary N) is 1. The van der Waals surface area contributed by atoms with Gasteiger partial charge < -0.3 is 16.4 Å². The van der Waals surface area contributed by atoms with Crippen LogP contribution in [0.1, 0.15) is 24.8 Å². The summed E-state index contributed by atoms with van der Waals surface area (Å²) >= 11 is 3.27. The first-order valence-electron chi connectivity index (χ1n) is 8.89. The highest BCUT2D eigenvalue weighted by Crippen LogP contribution is 2.16. The second-order valence-electron chi connectivity index (χ2n) is 6.50. The first kappa shape index (κ1) is 20.6. The number of primary amides is 1. The number of aliphatic imine (C=N–C) groups is 1. The zero-order valence-electron chi connectivity index (χ0n) is 15.1. The van der Waals surface area contributed by atoms with E-state index in [9.17, 15) is 9.18 Å². The zero-order valence-corrected chi connectivity index (χ0v) is 16.7. The lowest BCUT2D eigenvalue weighted by Crippen LogP contribution is -2.49. The zero-order chi connectivity index (χ0) is 18.9. The number of guanidine groups is 1. The van der Waals surface area contributed by atoms with Crippen LogP contribution in [0, 0.1) is 5.82 Å². The number of rotatable bonds is 7. The lowest BCUT2D eigenvalue weighted by Gasteiger charge is -2.32. The minimum atomic E-state index is -0.281. The van der Waals surface area contributed by atoms with Crippen molar-refractivity contribution in [1.82, 2.24) is 15.5 Å². The van der Waals surface area contributed by atoms with Crippen molar-refractivity contribution in [2.75, 3.05) is 33.2 Å². The molecule has 1 aromatic carbocycles. The van der Waals surface area contributed by atoms with Crippen LogP contribution in [0.3, 0.4) is 0 Å². The van der Waals surface area contributed by atoms with Gasteiger partial charge in [0, 0.05) is 37.2 Å². The number of piperidine rings is 1. The molecular weight excluding hydrogens is 401 g/mol. The molecule has 6 nitrogen and oxygen atoms in total. The number of likely N-dealkylation sites (tertiary alicyclic amines) is 1. The predicted octanol–water partition coefficient (Wildman–Crippen LogP) is 1.64. The van der Waals surface area contributed by atoms with Crippen LogP contribution in [0.5, 0.6) is 0 Å². The maximum Gasteiger partial charge on any atom is 0.231 e. The van der Waals surface area contributed by atoms with Crippen LogP contribution in [0.25, 0.3) is 0 Å². The number of hydrogen-bond acceptors (Lipinski definition) is 3. The Morgan fingerprint density at radius 1 is 1.42 bits per heavy atom. The number of carbonyl (C=O) groups is 1. The van der Waals surface area contributed by atoms with Crippen molar-refractivity contribution in [1.29, 1.82) is 0 Å². The third kappa shape index (κ3) is 6.92. The van der Waals surface area contributed by atoms with Crippen LogP contribution < -0.4 is 16.4 Å². The van der Waals surface area contributed by atoms with Gasteiger partial charge in [-0.2, -0.15) is 0 Å². The Labute approximate surface area is 162 Å². The van der Waals surface area contributed by atoms with Crippen molar-refractivity contribution in [2.45, 2.75) is 31.7 Å². The van der Waals surface area contributed by atoms with Gasteiger partial charge in [-0.15, -0.1) is 0 Å². The molecule has 1 aliphatic heterocycles. The van der Waals surface area contributed by atoms with Crippen LogP contribution in [-0.4, -0.2) is 56.0 Å². The Balaban J connectivity index is 1.67. The standard InChI is InChI=1S/C18H27BrFN5O/c1-22-18(24-15-6-9-25(10-7-15)12-17(21)26)23-8-2-3-13-4-5-14(19)11-16(13)20/h4-5,11,15H,2-3,6-10,12H2,1H3,(H2,21,26)(H2,22,23,24). The molecule has 0 atom stereocenters. The average Bonchev–Trinajstić information content (AvgIpc) is 2.60. The molecule has 1 aromatic rings. The largest absolute Gasteiger partial charge is 0.369 e. The predicted molar refractivity (Wildman–Crippen MR) is 106 cm³/mol. The highest BCUT2D eigenvalue weighted by atomic mass is 79.9. The van der Waals surface area contributed by atoms with E-state index in [1.54, 1.807) is 7.05 Å². The maximum absolute atomic E-state index is 13.8. The van der Waals surface area contributed by atoms with E-state index in [1.807, 2.05) is 12.1 Å². The summed E-state index contributed by atoms with van der Waals surface area (Å²) in [5.41, 5.74) is 5.96. The monoisotopic (exact) mass is 427 g/mol. The van der Waals surface area contributed by atoms with Gasteiger partial charge in [0.2, 0.25) is 5.91 Å². The van der Waals surface area contributed by atoms with E-state index in [1.165, 1.54) is 6.07 Å². The molecule has 0 spiro atoms. The second-order valence-corrected chi connectivity index (χ2v) is 7.42. The van der Waals surface area contributed by atoms with Gasteiger partial charge in [-0.25, -0.2) is 4.39 Å². The Hall–Kier alpha value is -1.67. The SMILES string of the molecule is CN=C(NCCCc1ccc(Br)cc1F)NC1CCN(CC(N)=O)CC1. The molecule has 0 saturated carbocycles. The molecule has 1 fully saturated rings. The Kier molecular flexibility index (Phi) is 8.31. The number of nitrogens with zero attached hydrogens (tertiary/aromatic N) is 2. The van der Waals surface area contributed by atoms with Gasteiger partial charge in [0.1, 0.15) is 5.82 Å². The van der Waals surface area contributed by atoms with E-state index >= 15 is 0 Å². The minimum absolute atomic E-state index is 0.176. The summed E-state index contributed by atoms with van der Waals surface area (Å²) in [6, 6.07) is 5.49. The molecule has 0 radical (unpaired) electrons. The molecule has 1 amide bonds. The average molecular weight is 428 g/mol. The van der Waals surface area contributed by atoms with E-state index in [0.717, 1.165) is 54.9 Å². The summed E-state index contributed by atoms with van der Waals surface area (Å²) in [5.74, 6) is 0.301. The maximum atomic E-state index is 13.8. The Morgan fingerprint density at radius 3 is 2.77 bits per heavy atom. The molecular formula is C18H27BrFN5O. The topological polar surface area (TPSA) is 82.8 Å². The fraction of sp³-hybridized carbons (Fsp3) is 0.556. The number of amides is 1. The minimum Gasteiger partial charge on any atom is -0.369 e. The quantitative estimate of drug-likeness (QED) is 0.350. The van der Waals surface area contributed by atoms with Gasteiger partial charge in [0.15, 0.2) is 5.96 Å². The third-order valence-electron chi connectivity index (χ3n) is 4.46. The van der Waals surface area contributed by atoms with Crippen molar-refractivity contribution in [3.63, 3.8) is 0 Å². The highest BCUT2D eigenvalue weighted by Gasteiger charge is 2.20. The number of halogens is 2. The number of hydrogen-bond donors (Lipinski definition) is 3. The van der Waals surface area contributed by atoms with Gasteiger partial charge in [0.05, 0.1) is 6.54 Å². The molecule has 2 rings (SSSR count). The van der Waals surface area contributed by atoms with Crippen LogP contribution >= 0.6 is 15.9 Å². The lowest BCUT2D eigenvalue weighted by atomic mass is 10.1. The van der Waals surface area contributed by atoms with Gasteiger partial charge >= 0.3 is 0 Å². The summed E-state index contributed by atoms with van der Waals surface area (Å²) < 4.78 is 14.6. The molecule has 1 aliphatic rings. The van der Waals surface area contributed by atoms with Crippen LogP contribution in [-0.2, 0) is 11.2 Å². The van der Waals surface area contributed by atoms with Crippen LogP contribution in [0.2, 0.25) is 0 Å². The molecule has 4 N–H and O–H groups in total. The highest BCUT2D eigenvalue weighted by molar-refractivity contribution is 9.10. The van der Waals surface area contributed by atoms with Crippen molar-refractivity contribution >= 4 is 27.8 Å². The molecule has 0 aromatic heterocycles. The molecule has 0 unspecified atom stereocenters. The first-order valence-corrected chi connectivity index (χ1v) is 9.69. The van der Waals surface area contributed by atoms with Crippen molar-refractivity contribution in [3.8, 4) is 0 Å². The number of benzene rings is 1. The number of carbonyl (C=O) groups excluding carboxylic acids is 1. The van der Waals surface area contributed by atoms with E-state index in [2.05, 4.69) is 36.5 Å². The molecule has 144 valence electrons. The summed E-state index contributed by atoms with van der Waals surface area (Å²) in [6.07, 6.45) is 3.38. The normalized spacial score (nSPS) is 16.5. The fourth-order valence-corrected chi connectivity index (χ4v) is 3.39. The molecule has 0 bridgehead atoms. The van der Waals surface area contributed by atoms with E-state index in [-0.39, 0.29) is 11.7 Å². The molecule has 1 heterocycles. The van der Waals surface area contributed by atoms with E-state index in [4.69, 9.17) is 5.73 Å². The second kappa shape index (κ2) is 10.5. The van der Waals surface area contributed by atoms with E-state index in [0.29, 0.717) is 19.0 Å². The number of aryl methyl sites for hydroxylation is 1. The molecule has 0 aliphatic carbocycles. The smallest absolute Gasteiger partial charge is 0.231 e. The Morgan fingerprint density at radius 2 is 2.15 bits per heavy atom. The Bertz CT molecular complexity index is 632. The van der Waals surface area contributed by atoms with Crippen molar-refractivity contribution < 1.29 is 9.18 Å². The fourth-order valence-electron chi connectivity index (χ4n) is 3.05. The molecule has 26 heavy (non-hydrogen) atoms. The van der Waals surface area contributed by atoms with Crippen molar-refractivity contribution in [2.24, 2.45) is 10.7 Å². The summed E-state index contributed by atoms with van der Waals surface area (Å²) in [4.78, 5) is 17.3. The molecule has 8 heteroatoms. The summed E-state index contributed by atoms with van der Waals surface area (Å²) in [5, 5.41) is 6.69. The summed E-state index contributed by atoms with van der Waals surface area (Å²) in [6.45, 7) is 2.74. The third-order valence-corrected chi connectivity index (χ3v) is 4.96. The summed E-state index contributed by atoms with van der Waals surface area (Å²) in [7, 11) is 1.74. The molecule has 1 saturated heterocycles. The number of nitrogens with one attached hydrogen (secondary N) is 2. The van der Waals surface area contributed by atoms with Crippen LogP contribution in [0.4, 0.5) is 4.39 Å². The van der Waals surface area contributed by atoms with Gasteiger partial charge in [-0.1, -0.05) is 22.0 Å². The van der Waals surface area contributed by atoms with Crippen LogP contribution in [0.15, 0.2) is 27.7 Å². The van der Waals surface area contributed by atoms with Crippen molar-refractivity contribution in [3.05, 3.63) is 34.1 Å².